The Balaban J connectivity index is 3.64. The van der Waals surface area contributed by atoms with E-state index in [2.05, 4.69) is 30.4 Å². The fraction of sp³-hybridized carbons (Fsp3) is 0.818. The van der Waals surface area contributed by atoms with Crippen LogP contribution in [-0.2, 0) is 28.4 Å². The molecule has 0 aliphatic carbocycles. The van der Waals surface area contributed by atoms with Crippen LogP contribution in [0.25, 0.3) is 5.53 Å². The lowest BCUT2D eigenvalue weighted by Crippen LogP contribution is -2.56. The van der Waals surface area contributed by atoms with E-state index < -0.39 is 24.0 Å². The van der Waals surface area contributed by atoms with Crippen molar-refractivity contribution in [1.82, 2.24) is 15.0 Å². The molecule has 1 aromatic heterocycles. The van der Waals surface area contributed by atoms with Crippen LogP contribution in [0.4, 0.5) is 11.9 Å². The van der Waals surface area contributed by atoms with Gasteiger partial charge in [-0.05, 0) is 53.6 Å². The van der Waals surface area contributed by atoms with Gasteiger partial charge in [0.25, 0.3) is 11.8 Å². The summed E-state index contributed by atoms with van der Waals surface area (Å²) >= 11 is 0. The number of ether oxygens (including phenoxy) is 6. The van der Waals surface area contributed by atoms with E-state index in [1.165, 1.54) is 0 Å². The number of anilines is 2. The zero-order chi connectivity index (χ0) is 27.7. The molecule has 15 heteroatoms. The Kier molecular flexibility index (Phi) is 15.8. The van der Waals surface area contributed by atoms with Crippen molar-refractivity contribution in [3.05, 3.63) is 11.4 Å². The van der Waals surface area contributed by atoms with Crippen molar-refractivity contribution >= 4 is 38.6 Å². The SMILES string of the molecule is CCOC(C[SiH3])C(Nc1nc(C=[N+]=[N-])nc(NC(OCC)(OCC)C(C[SiH3])OCC)n1)(OCC)OCC. The smallest absolute Gasteiger partial charge is 0.325 e. The monoisotopic (exact) mass is 559 g/mol. The Labute approximate surface area is 226 Å². The highest BCUT2D eigenvalue weighted by Gasteiger charge is 2.44. The van der Waals surface area contributed by atoms with Crippen molar-refractivity contribution in [2.24, 2.45) is 0 Å². The molecule has 1 rings (SSSR count). The summed E-state index contributed by atoms with van der Waals surface area (Å²) < 4.78 is 36.3. The number of hydrogen-bond acceptors (Lipinski definition) is 11. The second-order valence-corrected chi connectivity index (χ2v) is 9.24. The van der Waals surface area contributed by atoms with Gasteiger partial charge in [-0.2, -0.15) is 19.7 Å². The van der Waals surface area contributed by atoms with Gasteiger partial charge in [0.05, 0.1) is 0 Å². The van der Waals surface area contributed by atoms with Crippen LogP contribution in [0.1, 0.15) is 47.4 Å². The minimum Gasteiger partial charge on any atom is -0.371 e. The summed E-state index contributed by atoms with van der Waals surface area (Å²) in [5.74, 6) is -2.35. The van der Waals surface area contributed by atoms with Gasteiger partial charge in [0.2, 0.25) is 17.7 Å². The third-order valence-electron chi connectivity index (χ3n) is 5.16. The molecule has 1 aromatic rings. The molecule has 1 heterocycles. The lowest BCUT2D eigenvalue weighted by Gasteiger charge is -2.40. The summed E-state index contributed by atoms with van der Waals surface area (Å²) in [5, 5.41) is 6.38. The Bertz CT molecular complexity index is 768. The van der Waals surface area contributed by atoms with Crippen molar-refractivity contribution in [3.63, 3.8) is 0 Å². The maximum absolute atomic E-state index is 9.19. The topological polar surface area (TPSA) is 155 Å². The number of aromatic nitrogens is 3. The lowest BCUT2D eigenvalue weighted by atomic mass is 10.2. The third-order valence-corrected chi connectivity index (χ3v) is 6.64. The Morgan fingerprint density at radius 3 is 1.38 bits per heavy atom. The maximum Gasteiger partial charge on any atom is 0.325 e. The molecule has 0 radical (unpaired) electrons. The number of rotatable bonds is 21. The summed E-state index contributed by atoms with van der Waals surface area (Å²) in [6.07, 6.45) is 0.278. The second-order valence-electron chi connectivity index (χ2n) is 7.61. The lowest BCUT2D eigenvalue weighted by molar-refractivity contribution is -0.267. The summed E-state index contributed by atoms with van der Waals surface area (Å²) in [6, 6.07) is 1.46. The molecule has 0 saturated carbocycles. The molecular weight excluding hydrogens is 514 g/mol. The van der Waals surface area contributed by atoms with Crippen molar-refractivity contribution < 1.29 is 33.2 Å². The Hall–Kier alpha value is -1.82. The Morgan fingerprint density at radius 1 is 0.730 bits per heavy atom. The van der Waals surface area contributed by atoms with E-state index in [0.717, 1.165) is 38.8 Å². The zero-order valence-corrected chi connectivity index (χ0v) is 27.6. The van der Waals surface area contributed by atoms with Gasteiger partial charge < -0.3 is 44.6 Å². The zero-order valence-electron chi connectivity index (χ0n) is 23.6. The summed E-state index contributed by atoms with van der Waals surface area (Å²) in [6.45, 7) is 13.7. The van der Waals surface area contributed by atoms with E-state index in [1.54, 1.807) is 0 Å². The first-order valence-electron chi connectivity index (χ1n) is 13.2. The molecule has 13 nitrogen and oxygen atoms in total. The van der Waals surface area contributed by atoms with Crippen molar-refractivity contribution in [3.8, 4) is 0 Å². The summed E-state index contributed by atoms with van der Waals surface area (Å²) in [4.78, 5) is 16.4. The number of hydrogen-bond donors (Lipinski definition) is 2. The maximum atomic E-state index is 9.19. The molecule has 0 aliphatic rings. The predicted octanol–water partition coefficient (Wildman–Crippen LogP) is 0.175. The van der Waals surface area contributed by atoms with Gasteiger partial charge in [0.1, 0.15) is 12.2 Å². The highest BCUT2D eigenvalue weighted by atomic mass is 28.1. The first kappa shape index (κ1) is 33.2. The van der Waals surface area contributed by atoms with E-state index in [4.69, 9.17) is 28.4 Å². The third kappa shape index (κ3) is 9.46. The van der Waals surface area contributed by atoms with Crippen LogP contribution in [0.5, 0.6) is 0 Å². The fourth-order valence-corrected chi connectivity index (χ4v) is 5.48. The van der Waals surface area contributed by atoms with E-state index in [1.807, 2.05) is 41.5 Å². The van der Waals surface area contributed by atoms with Gasteiger partial charge in [0, 0.05) is 60.1 Å². The molecule has 0 fully saturated rings. The van der Waals surface area contributed by atoms with Gasteiger partial charge in [-0.3, -0.25) is 0 Å². The highest BCUT2D eigenvalue weighted by molar-refractivity contribution is 6.09. The average Bonchev–Trinajstić information content (AvgIpc) is 2.86. The van der Waals surface area contributed by atoms with Gasteiger partial charge in [-0.15, -0.1) is 0 Å². The molecule has 2 unspecified atom stereocenters. The molecule has 0 aliphatic heterocycles. The Morgan fingerprint density at radius 2 is 1.11 bits per heavy atom. The van der Waals surface area contributed by atoms with Crippen molar-refractivity contribution in [1.29, 1.82) is 0 Å². The van der Waals surface area contributed by atoms with Crippen LogP contribution >= 0.6 is 0 Å². The molecule has 37 heavy (non-hydrogen) atoms. The van der Waals surface area contributed by atoms with E-state index >= 15 is 0 Å². The van der Waals surface area contributed by atoms with Crippen molar-refractivity contribution in [2.45, 2.75) is 77.7 Å². The largest absolute Gasteiger partial charge is 0.371 e. The minimum absolute atomic E-state index is 0.0870. The predicted molar refractivity (Wildman–Crippen MR) is 148 cm³/mol. The first-order valence-corrected chi connectivity index (χ1v) is 16.0. The molecule has 2 N–H and O–H groups in total. The second kappa shape index (κ2) is 17.6. The van der Waals surface area contributed by atoms with Crippen LogP contribution in [0.2, 0.25) is 12.1 Å². The van der Waals surface area contributed by atoms with Crippen LogP contribution in [0.15, 0.2) is 0 Å². The first-order chi connectivity index (χ1) is 17.9. The average molecular weight is 560 g/mol. The highest BCUT2D eigenvalue weighted by Crippen LogP contribution is 2.28. The van der Waals surface area contributed by atoms with Gasteiger partial charge in [-0.1, -0.05) is 0 Å². The van der Waals surface area contributed by atoms with Gasteiger partial charge >= 0.3 is 6.21 Å². The molecule has 0 aromatic carbocycles. The quantitative estimate of drug-likeness (QED) is 0.0696. The van der Waals surface area contributed by atoms with Crippen LogP contribution < -0.4 is 10.6 Å². The van der Waals surface area contributed by atoms with Crippen molar-refractivity contribution in [2.75, 3.05) is 50.3 Å². The minimum atomic E-state index is -1.34. The molecule has 0 amide bonds. The summed E-state index contributed by atoms with van der Waals surface area (Å²) in [5.41, 5.74) is 9.19. The molecule has 0 spiro atoms. The van der Waals surface area contributed by atoms with E-state index in [-0.39, 0.29) is 17.7 Å². The van der Waals surface area contributed by atoms with Crippen LogP contribution in [0.3, 0.4) is 0 Å². The number of nitrogens with zero attached hydrogens (tertiary/aromatic N) is 5. The molecule has 2 atom stereocenters. The van der Waals surface area contributed by atoms with Gasteiger partial charge in [0.15, 0.2) is 0 Å². The molecule has 0 saturated heterocycles. The van der Waals surface area contributed by atoms with E-state index in [0.29, 0.717) is 39.6 Å². The summed E-state index contributed by atoms with van der Waals surface area (Å²) in [7, 11) is 1.70. The number of nitrogens with one attached hydrogen (secondary N) is 2. The van der Waals surface area contributed by atoms with E-state index in [9.17, 15) is 5.53 Å². The van der Waals surface area contributed by atoms with Crippen LogP contribution in [-0.4, -0.2) is 110 Å². The standard InChI is InChI=1S/C22H45N7O6Si2/c1-7-30-16(14-36)21(32-9-3,33-10-4)28-19-25-18(13-24-23)26-20(27-19)29-22(34-11-5,35-12-6)17(15-37)31-8-2/h13,16-17H,7-12,14-15H2,1-6,36-37H3,(H2,25,26,27,28,29). The molecule has 212 valence electrons. The molecule has 0 bridgehead atoms. The normalized spacial score (nSPS) is 13.8. The fourth-order valence-electron chi connectivity index (χ4n) is 3.94. The van der Waals surface area contributed by atoms with Crippen LogP contribution in [0, 0.1) is 0 Å². The molecular formula is C22H45N7O6Si2. The van der Waals surface area contributed by atoms with Gasteiger partial charge in [-0.25, -0.2) is 0 Å².